The summed E-state index contributed by atoms with van der Waals surface area (Å²) < 4.78 is 0. The SMILES string of the molecule is CCCCCCCCC1CCC(C2CCC(C#N)(CCCCCCC)CC2)CC1. The van der Waals surface area contributed by atoms with Crippen LogP contribution in [0.3, 0.4) is 0 Å². The van der Waals surface area contributed by atoms with Gasteiger partial charge in [-0.1, -0.05) is 104 Å². The van der Waals surface area contributed by atoms with Gasteiger partial charge in [0.25, 0.3) is 0 Å². The minimum atomic E-state index is 0.0394. The first-order chi connectivity index (χ1) is 14.2. The van der Waals surface area contributed by atoms with Gasteiger partial charge in [-0.3, -0.25) is 0 Å². The molecule has 0 aromatic rings. The Bertz CT molecular complexity index is 432. The summed E-state index contributed by atoms with van der Waals surface area (Å²) in [5, 5.41) is 9.88. The summed E-state index contributed by atoms with van der Waals surface area (Å²) in [5.74, 6) is 2.95. The summed E-state index contributed by atoms with van der Waals surface area (Å²) in [6, 6.07) is 2.78. The van der Waals surface area contributed by atoms with Gasteiger partial charge >= 0.3 is 0 Å². The summed E-state index contributed by atoms with van der Waals surface area (Å²) in [7, 11) is 0. The summed E-state index contributed by atoms with van der Waals surface area (Å²) in [6.07, 6.45) is 29.0. The van der Waals surface area contributed by atoms with Crippen LogP contribution in [0.15, 0.2) is 0 Å². The normalized spacial score (nSPS) is 30.2. The molecule has 1 nitrogen and oxygen atoms in total. The van der Waals surface area contributed by atoms with Gasteiger partial charge in [0.05, 0.1) is 11.5 Å². The minimum Gasteiger partial charge on any atom is -0.198 e. The zero-order valence-corrected chi connectivity index (χ0v) is 20.0. The molecule has 29 heavy (non-hydrogen) atoms. The number of nitriles is 1. The van der Waals surface area contributed by atoms with Crippen molar-refractivity contribution in [1.82, 2.24) is 0 Å². The zero-order valence-electron chi connectivity index (χ0n) is 20.0. The highest BCUT2D eigenvalue weighted by Crippen LogP contribution is 2.47. The summed E-state index contributed by atoms with van der Waals surface area (Å²) in [4.78, 5) is 0. The molecular formula is C28H51N. The standard InChI is InChI=1S/C28H51N/c1-3-5-7-9-10-12-14-25-15-17-26(18-16-25)27-19-22-28(24-29,23-20-27)21-13-11-8-6-4-2/h25-27H,3-23H2,1-2H3. The molecule has 1 heteroatoms. The third-order valence-corrected chi connectivity index (χ3v) is 8.51. The average Bonchev–Trinajstić information content (AvgIpc) is 2.77. The molecule has 0 atom stereocenters. The van der Waals surface area contributed by atoms with Gasteiger partial charge in [-0.2, -0.15) is 5.26 Å². The predicted molar refractivity (Wildman–Crippen MR) is 127 cm³/mol. The average molecular weight is 402 g/mol. The lowest BCUT2D eigenvalue weighted by Gasteiger charge is -2.41. The topological polar surface area (TPSA) is 23.8 Å². The number of rotatable bonds is 14. The Kier molecular flexibility index (Phi) is 12.4. The van der Waals surface area contributed by atoms with Crippen molar-refractivity contribution in [3.8, 4) is 6.07 Å². The quantitative estimate of drug-likeness (QED) is 0.266. The van der Waals surface area contributed by atoms with Crippen molar-refractivity contribution < 1.29 is 0 Å². The molecule has 0 unspecified atom stereocenters. The molecule has 0 radical (unpaired) electrons. The van der Waals surface area contributed by atoms with Crippen LogP contribution in [0.5, 0.6) is 0 Å². The molecule has 0 heterocycles. The van der Waals surface area contributed by atoms with Crippen molar-refractivity contribution in [1.29, 1.82) is 5.26 Å². The van der Waals surface area contributed by atoms with Crippen LogP contribution in [0.25, 0.3) is 0 Å². The fourth-order valence-corrected chi connectivity index (χ4v) is 6.31. The molecule has 2 aliphatic rings. The maximum Gasteiger partial charge on any atom is 0.0689 e. The Labute approximate surface area is 183 Å². The second-order valence-electron chi connectivity index (χ2n) is 10.7. The third-order valence-electron chi connectivity index (χ3n) is 8.51. The van der Waals surface area contributed by atoms with E-state index in [1.165, 1.54) is 135 Å². The molecule has 0 aromatic carbocycles. The number of unbranched alkanes of at least 4 members (excludes halogenated alkanes) is 9. The van der Waals surface area contributed by atoms with E-state index in [2.05, 4.69) is 19.9 Å². The van der Waals surface area contributed by atoms with Gasteiger partial charge in [-0.25, -0.2) is 0 Å². The molecule has 2 aliphatic carbocycles. The number of hydrogen-bond acceptors (Lipinski definition) is 1. The van der Waals surface area contributed by atoms with E-state index in [1.54, 1.807) is 0 Å². The van der Waals surface area contributed by atoms with Crippen molar-refractivity contribution in [2.24, 2.45) is 23.2 Å². The maximum absolute atomic E-state index is 9.88. The molecule has 2 saturated carbocycles. The first-order valence-corrected chi connectivity index (χ1v) is 13.6. The van der Waals surface area contributed by atoms with Crippen LogP contribution in [0, 0.1) is 34.5 Å². The van der Waals surface area contributed by atoms with E-state index in [4.69, 9.17) is 0 Å². The molecular weight excluding hydrogens is 350 g/mol. The van der Waals surface area contributed by atoms with E-state index in [9.17, 15) is 5.26 Å². The van der Waals surface area contributed by atoms with Crippen LogP contribution in [-0.2, 0) is 0 Å². The lowest BCUT2D eigenvalue weighted by Crippen LogP contribution is -2.31. The molecule has 0 bridgehead atoms. The minimum absolute atomic E-state index is 0.0394. The Hall–Kier alpha value is -0.510. The second kappa shape index (κ2) is 14.5. The fourth-order valence-electron chi connectivity index (χ4n) is 6.31. The zero-order chi connectivity index (χ0) is 20.8. The lowest BCUT2D eigenvalue weighted by atomic mass is 9.63. The van der Waals surface area contributed by atoms with Crippen LogP contribution in [0.4, 0.5) is 0 Å². The lowest BCUT2D eigenvalue weighted by molar-refractivity contribution is 0.114. The first kappa shape index (κ1) is 24.8. The van der Waals surface area contributed by atoms with Crippen molar-refractivity contribution >= 4 is 0 Å². The Morgan fingerprint density at radius 3 is 1.76 bits per heavy atom. The molecule has 0 saturated heterocycles. The van der Waals surface area contributed by atoms with Crippen molar-refractivity contribution in [3.63, 3.8) is 0 Å². The third kappa shape index (κ3) is 9.02. The van der Waals surface area contributed by atoms with Crippen LogP contribution >= 0.6 is 0 Å². The van der Waals surface area contributed by atoms with Crippen molar-refractivity contribution in [2.45, 2.75) is 149 Å². The molecule has 168 valence electrons. The highest BCUT2D eigenvalue weighted by atomic mass is 14.4. The van der Waals surface area contributed by atoms with Gasteiger partial charge in [-0.15, -0.1) is 0 Å². The number of nitrogens with zero attached hydrogens (tertiary/aromatic N) is 1. The molecule has 2 rings (SSSR count). The van der Waals surface area contributed by atoms with Gasteiger partial charge in [0, 0.05) is 0 Å². The van der Waals surface area contributed by atoms with Crippen LogP contribution in [0.2, 0.25) is 0 Å². The largest absolute Gasteiger partial charge is 0.198 e. The molecule has 0 aliphatic heterocycles. The Morgan fingerprint density at radius 1 is 0.655 bits per heavy atom. The second-order valence-corrected chi connectivity index (χ2v) is 10.7. The van der Waals surface area contributed by atoms with Gasteiger partial charge in [0.2, 0.25) is 0 Å². The van der Waals surface area contributed by atoms with Gasteiger partial charge < -0.3 is 0 Å². The van der Waals surface area contributed by atoms with Crippen LogP contribution < -0.4 is 0 Å². The van der Waals surface area contributed by atoms with Gasteiger partial charge in [-0.05, 0) is 62.7 Å². The van der Waals surface area contributed by atoms with E-state index < -0.39 is 0 Å². The first-order valence-electron chi connectivity index (χ1n) is 13.6. The highest BCUT2D eigenvalue weighted by molar-refractivity contribution is 5.02. The van der Waals surface area contributed by atoms with Gasteiger partial charge in [0.15, 0.2) is 0 Å². The fraction of sp³-hybridized carbons (Fsp3) is 0.964. The van der Waals surface area contributed by atoms with E-state index in [-0.39, 0.29) is 5.41 Å². The maximum atomic E-state index is 9.88. The van der Waals surface area contributed by atoms with Crippen LogP contribution in [-0.4, -0.2) is 0 Å². The highest BCUT2D eigenvalue weighted by Gasteiger charge is 2.38. The van der Waals surface area contributed by atoms with E-state index >= 15 is 0 Å². The van der Waals surface area contributed by atoms with E-state index in [1.807, 2.05) is 0 Å². The summed E-state index contributed by atoms with van der Waals surface area (Å²) >= 11 is 0. The van der Waals surface area contributed by atoms with Crippen molar-refractivity contribution in [3.05, 3.63) is 0 Å². The van der Waals surface area contributed by atoms with Crippen LogP contribution in [0.1, 0.15) is 149 Å². The van der Waals surface area contributed by atoms with E-state index in [0.717, 1.165) is 17.8 Å². The molecule has 2 fully saturated rings. The Morgan fingerprint density at radius 2 is 1.17 bits per heavy atom. The Balaban J connectivity index is 1.59. The molecule has 0 amide bonds. The molecule has 0 spiro atoms. The predicted octanol–water partition coefficient (Wildman–Crippen LogP) is 9.60. The summed E-state index contributed by atoms with van der Waals surface area (Å²) in [5.41, 5.74) is 0.0394. The van der Waals surface area contributed by atoms with Gasteiger partial charge in [0.1, 0.15) is 0 Å². The molecule has 0 N–H and O–H groups in total. The van der Waals surface area contributed by atoms with Crippen molar-refractivity contribution in [2.75, 3.05) is 0 Å². The monoisotopic (exact) mass is 401 g/mol. The summed E-state index contributed by atoms with van der Waals surface area (Å²) in [6.45, 7) is 4.58. The molecule has 0 aromatic heterocycles. The van der Waals surface area contributed by atoms with E-state index in [0.29, 0.717) is 0 Å². The number of hydrogen-bond donors (Lipinski definition) is 0. The smallest absolute Gasteiger partial charge is 0.0689 e.